The van der Waals surface area contributed by atoms with Gasteiger partial charge < -0.3 is 5.11 Å². The van der Waals surface area contributed by atoms with Gasteiger partial charge in [-0.2, -0.15) is 0 Å². The minimum Gasteiger partial charge on any atom is -0.385 e. The highest BCUT2D eigenvalue weighted by atomic mass is 32.2. The van der Waals surface area contributed by atoms with Crippen LogP contribution in [0.3, 0.4) is 0 Å². The summed E-state index contributed by atoms with van der Waals surface area (Å²) in [6.45, 7) is 0. The molecule has 0 aliphatic heterocycles. The quantitative estimate of drug-likeness (QED) is 0.895. The molecule has 3 rings (SSSR count). The molecule has 0 radical (unpaired) electrons. The van der Waals surface area contributed by atoms with Crippen molar-refractivity contribution in [3.8, 4) is 0 Å². The van der Waals surface area contributed by atoms with Gasteiger partial charge in [-0.05, 0) is 31.7 Å². The molecule has 2 saturated carbocycles. The largest absolute Gasteiger partial charge is 0.385 e. The van der Waals surface area contributed by atoms with Crippen molar-refractivity contribution in [2.24, 2.45) is 0 Å². The summed E-state index contributed by atoms with van der Waals surface area (Å²) in [5, 5.41) is 9.92. The molecule has 92 valence electrons. The molecule has 0 unspecified atom stereocenters. The summed E-state index contributed by atoms with van der Waals surface area (Å²) in [7, 11) is -3.24. The van der Waals surface area contributed by atoms with Crippen LogP contribution < -0.4 is 0 Å². The number of rotatable bonds is 3. The van der Waals surface area contributed by atoms with Crippen molar-refractivity contribution >= 4 is 9.84 Å². The molecule has 17 heavy (non-hydrogen) atoms. The zero-order chi connectivity index (χ0) is 12.1. The SMILES string of the molecule is O=S(=O)(c1ccccc1C1(O)CC1)C1CCC1. The standard InChI is InChI=1S/C13H16O3S/c14-13(8-9-13)11-6-1-2-7-12(11)17(15,16)10-4-3-5-10/h1-2,6-7,10,14H,3-5,8-9H2. The summed E-state index contributed by atoms with van der Waals surface area (Å²) in [4.78, 5) is 0.352. The zero-order valence-electron chi connectivity index (χ0n) is 9.59. The molecule has 0 spiro atoms. The molecule has 0 heterocycles. The Bertz CT molecular complexity index is 540. The third-order valence-corrected chi connectivity index (χ3v) is 6.23. The van der Waals surface area contributed by atoms with E-state index < -0.39 is 15.4 Å². The van der Waals surface area contributed by atoms with Crippen LogP contribution >= 0.6 is 0 Å². The third kappa shape index (κ3) is 1.70. The van der Waals surface area contributed by atoms with Gasteiger partial charge in [-0.1, -0.05) is 24.6 Å². The fraction of sp³-hybridized carbons (Fsp3) is 0.538. The maximum absolute atomic E-state index is 12.4. The topological polar surface area (TPSA) is 54.4 Å². The van der Waals surface area contributed by atoms with E-state index in [1.54, 1.807) is 24.3 Å². The second kappa shape index (κ2) is 3.56. The molecule has 0 aromatic heterocycles. The molecule has 3 nitrogen and oxygen atoms in total. The lowest BCUT2D eigenvalue weighted by Crippen LogP contribution is -2.30. The first-order valence-corrected chi connectivity index (χ1v) is 7.64. The number of sulfone groups is 1. The number of hydrogen-bond donors (Lipinski definition) is 1. The van der Waals surface area contributed by atoms with Crippen molar-refractivity contribution in [1.29, 1.82) is 0 Å². The lowest BCUT2D eigenvalue weighted by Gasteiger charge is -2.27. The van der Waals surface area contributed by atoms with Gasteiger partial charge in [0.2, 0.25) is 0 Å². The lowest BCUT2D eigenvalue weighted by molar-refractivity contribution is 0.148. The van der Waals surface area contributed by atoms with E-state index in [0.29, 0.717) is 23.3 Å². The van der Waals surface area contributed by atoms with Gasteiger partial charge in [-0.3, -0.25) is 0 Å². The van der Waals surface area contributed by atoms with Crippen LogP contribution in [0.4, 0.5) is 0 Å². The van der Waals surface area contributed by atoms with E-state index in [1.165, 1.54) is 0 Å². The molecule has 2 aliphatic rings. The monoisotopic (exact) mass is 252 g/mol. The maximum Gasteiger partial charge on any atom is 0.181 e. The molecule has 0 saturated heterocycles. The van der Waals surface area contributed by atoms with Crippen molar-refractivity contribution in [3.05, 3.63) is 29.8 Å². The number of hydrogen-bond acceptors (Lipinski definition) is 3. The number of aliphatic hydroxyl groups is 1. The predicted octanol–water partition coefficient (Wildman–Crippen LogP) is 1.99. The maximum atomic E-state index is 12.4. The highest BCUT2D eigenvalue weighted by Crippen LogP contribution is 2.48. The lowest BCUT2D eigenvalue weighted by atomic mass is 10.00. The molecule has 2 aliphatic carbocycles. The van der Waals surface area contributed by atoms with Crippen molar-refractivity contribution in [2.75, 3.05) is 0 Å². The van der Waals surface area contributed by atoms with Crippen LogP contribution in [-0.4, -0.2) is 18.8 Å². The van der Waals surface area contributed by atoms with Crippen molar-refractivity contribution in [2.45, 2.75) is 47.9 Å². The van der Waals surface area contributed by atoms with Gasteiger partial charge in [0, 0.05) is 5.56 Å². The Morgan fingerprint density at radius 1 is 1.18 bits per heavy atom. The van der Waals surface area contributed by atoms with Crippen LogP contribution in [-0.2, 0) is 15.4 Å². The van der Waals surface area contributed by atoms with Crippen LogP contribution in [0.15, 0.2) is 29.2 Å². The first kappa shape index (κ1) is 11.2. The van der Waals surface area contributed by atoms with Gasteiger partial charge in [-0.25, -0.2) is 8.42 Å². The first-order valence-electron chi connectivity index (χ1n) is 6.10. The molecule has 1 aromatic rings. The van der Waals surface area contributed by atoms with Crippen molar-refractivity contribution in [3.63, 3.8) is 0 Å². The Kier molecular flexibility index (Phi) is 2.35. The van der Waals surface area contributed by atoms with Gasteiger partial charge >= 0.3 is 0 Å². The molecule has 0 bridgehead atoms. The smallest absolute Gasteiger partial charge is 0.181 e. The molecule has 4 heteroatoms. The summed E-state index contributed by atoms with van der Waals surface area (Å²) >= 11 is 0. The van der Waals surface area contributed by atoms with Crippen LogP contribution in [0.1, 0.15) is 37.7 Å². The second-order valence-corrected chi connectivity index (χ2v) is 7.32. The van der Waals surface area contributed by atoms with Crippen LogP contribution in [0.5, 0.6) is 0 Å². The van der Waals surface area contributed by atoms with E-state index in [4.69, 9.17) is 0 Å². The minimum atomic E-state index is -3.24. The van der Waals surface area contributed by atoms with Gasteiger partial charge in [0.15, 0.2) is 9.84 Å². The molecule has 2 fully saturated rings. The first-order chi connectivity index (χ1) is 8.04. The van der Waals surface area contributed by atoms with E-state index in [1.807, 2.05) is 0 Å². The molecule has 1 N–H and O–H groups in total. The van der Waals surface area contributed by atoms with Crippen LogP contribution in [0, 0.1) is 0 Å². The van der Waals surface area contributed by atoms with Gasteiger partial charge in [0.1, 0.15) is 0 Å². The summed E-state index contributed by atoms with van der Waals surface area (Å²) in [6, 6.07) is 6.92. The Morgan fingerprint density at radius 3 is 2.35 bits per heavy atom. The summed E-state index contributed by atoms with van der Waals surface area (Å²) < 4.78 is 24.8. The molecule has 0 amide bonds. The average Bonchev–Trinajstić information content (AvgIpc) is 2.95. The van der Waals surface area contributed by atoms with Crippen molar-refractivity contribution < 1.29 is 13.5 Å². The summed E-state index contributed by atoms with van der Waals surface area (Å²) in [5.74, 6) is 0. The Labute approximate surface area is 101 Å². The molecular formula is C13H16O3S. The fourth-order valence-electron chi connectivity index (χ4n) is 2.35. The van der Waals surface area contributed by atoms with E-state index in [9.17, 15) is 13.5 Å². The second-order valence-electron chi connectivity index (χ2n) is 5.13. The predicted molar refractivity (Wildman–Crippen MR) is 64.4 cm³/mol. The van der Waals surface area contributed by atoms with E-state index in [0.717, 1.165) is 19.3 Å². The Morgan fingerprint density at radius 2 is 1.82 bits per heavy atom. The van der Waals surface area contributed by atoms with Crippen LogP contribution in [0.25, 0.3) is 0 Å². The van der Waals surface area contributed by atoms with Crippen molar-refractivity contribution in [1.82, 2.24) is 0 Å². The summed E-state index contributed by atoms with van der Waals surface area (Å²) in [6.07, 6.45) is 3.86. The Balaban J connectivity index is 2.08. The molecule has 1 aromatic carbocycles. The normalized spacial score (nSPS) is 23.1. The Hall–Kier alpha value is -0.870. The third-order valence-electron chi connectivity index (χ3n) is 3.91. The molecular weight excluding hydrogens is 236 g/mol. The minimum absolute atomic E-state index is 0.231. The van der Waals surface area contributed by atoms with Gasteiger partial charge in [0.25, 0.3) is 0 Å². The highest BCUT2D eigenvalue weighted by Gasteiger charge is 2.46. The van der Waals surface area contributed by atoms with Gasteiger partial charge in [0.05, 0.1) is 15.7 Å². The van der Waals surface area contributed by atoms with Crippen LogP contribution in [0.2, 0.25) is 0 Å². The fourth-order valence-corrected chi connectivity index (χ4v) is 4.49. The number of benzene rings is 1. The van der Waals surface area contributed by atoms with E-state index >= 15 is 0 Å². The van der Waals surface area contributed by atoms with E-state index in [2.05, 4.69) is 0 Å². The zero-order valence-corrected chi connectivity index (χ0v) is 10.4. The average molecular weight is 252 g/mol. The van der Waals surface area contributed by atoms with Gasteiger partial charge in [-0.15, -0.1) is 0 Å². The highest BCUT2D eigenvalue weighted by molar-refractivity contribution is 7.92. The molecule has 0 atom stereocenters. The van der Waals surface area contributed by atoms with E-state index in [-0.39, 0.29) is 5.25 Å². The summed E-state index contributed by atoms with van der Waals surface area (Å²) in [5.41, 5.74) is -0.278.